The Morgan fingerprint density at radius 1 is 1.05 bits per heavy atom. The Labute approximate surface area is 117 Å². The summed E-state index contributed by atoms with van der Waals surface area (Å²) in [5.74, 6) is 0. The van der Waals surface area contributed by atoms with E-state index in [0.29, 0.717) is 6.04 Å². The number of piperidine rings is 1. The van der Waals surface area contributed by atoms with Crippen molar-refractivity contribution in [2.75, 3.05) is 32.7 Å². The van der Waals surface area contributed by atoms with E-state index in [4.69, 9.17) is 0 Å². The van der Waals surface area contributed by atoms with Crippen molar-refractivity contribution < 1.29 is 4.79 Å². The van der Waals surface area contributed by atoms with Crippen molar-refractivity contribution in [2.45, 2.75) is 57.9 Å². The molecule has 0 atom stereocenters. The third-order valence-electron chi connectivity index (χ3n) is 4.43. The summed E-state index contributed by atoms with van der Waals surface area (Å²) < 4.78 is 0. The van der Waals surface area contributed by atoms with Gasteiger partial charge in [-0.05, 0) is 45.2 Å². The molecule has 0 aromatic heterocycles. The molecule has 4 nitrogen and oxygen atoms in total. The average Bonchev–Trinajstić information content (AvgIpc) is 2.74. The second-order valence-corrected chi connectivity index (χ2v) is 5.90. The monoisotopic (exact) mass is 267 g/mol. The Balaban J connectivity index is 1.73. The molecule has 2 aliphatic rings. The third-order valence-corrected chi connectivity index (χ3v) is 4.43. The van der Waals surface area contributed by atoms with E-state index in [0.717, 1.165) is 38.9 Å². The summed E-state index contributed by atoms with van der Waals surface area (Å²) in [5, 5.41) is 2.98. The lowest BCUT2D eigenvalue weighted by Gasteiger charge is -2.38. The second kappa shape index (κ2) is 7.73. The number of carbonyl (C=O) groups excluding carboxylic acids is 1. The molecule has 0 saturated carbocycles. The molecule has 19 heavy (non-hydrogen) atoms. The highest BCUT2D eigenvalue weighted by molar-refractivity contribution is 5.74. The van der Waals surface area contributed by atoms with Gasteiger partial charge in [0.05, 0.1) is 0 Å². The first-order valence-corrected chi connectivity index (χ1v) is 8.08. The largest absolute Gasteiger partial charge is 0.338 e. The number of rotatable bonds is 3. The van der Waals surface area contributed by atoms with Gasteiger partial charge >= 0.3 is 6.03 Å². The molecule has 110 valence electrons. The summed E-state index contributed by atoms with van der Waals surface area (Å²) >= 11 is 0. The molecule has 2 aliphatic heterocycles. The van der Waals surface area contributed by atoms with Crippen molar-refractivity contribution in [1.82, 2.24) is 15.1 Å². The maximum absolute atomic E-state index is 11.9. The molecular weight excluding hydrogens is 238 g/mol. The smallest absolute Gasteiger partial charge is 0.317 e. The maximum atomic E-state index is 11.9. The summed E-state index contributed by atoms with van der Waals surface area (Å²) in [7, 11) is 0. The van der Waals surface area contributed by atoms with Crippen molar-refractivity contribution in [1.29, 1.82) is 0 Å². The fourth-order valence-corrected chi connectivity index (χ4v) is 3.24. The predicted molar refractivity (Wildman–Crippen MR) is 78.3 cm³/mol. The third kappa shape index (κ3) is 4.37. The Morgan fingerprint density at radius 2 is 1.68 bits per heavy atom. The van der Waals surface area contributed by atoms with E-state index in [1.807, 2.05) is 4.90 Å². The molecule has 2 heterocycles. The van der Waals surface area contributed by atoms with E-state index in [9.17, 15) is 4.79 Å². The first kappa shape index (κ1) is 14.6. The number of urea groups is 1. The van der Waals surface area contributed by atoms with Crippen LogP contribution in [0.4, 0.5) is 4.79 Å². The van der Waals surface area contributed by atoms with Gasteiger partial charge < -0.3 is 15.1 Å². The molecular formula is C15H29N3O. The highest BCUT2D eigenvalue weighted by atomic mass is 16.2. The number of amides is 2. The summed E-state index contributed by atoms with van der Waals surface area (Å²) in [6.45, 7) is 7.28. The number of hydrogen-bond acceptors (Lipinski definition) is 2. The van der Waals surface area contributed by atoms with Crippen LogP contribution in [0.15, 0.2) is 0 Å². The fraction of sp³-hybridized carbons (Fsp3) is 0.933. The van der Waals surface area contributed by atoms with Crippen molar-refractivity contribution >= 4 is 6.03 Å². The van der Waals surface area contributed by atoms with Crippen LogP contribution in [0.2, 0.25) is 0 Å². The Kier molecular flexibility index (Phi) is 5.95. The number of likely N-dealkylation sites (tertiary alicyclic amines) is 2. The minimum Gasteiger partial charge on any atom is -0.338 e. The minimum absolute atomic E-state index is 0.135. The van der Waals surface area contributed by atoms with Gasteiger partial charge in [-0.25, -0.2) is 4.79 Å². The quantitative estimate of drug-likeness (QED) is 0.852. The summed E-state index contributed by atoms with van der Waals surface area (Å²) in [6, 6.07) is 0.851. The lowest BCUT2D eigenvalue weighted by Crippen LogP contribution is -2.49. The van der Waals surface area contributed by atoms with Crippen LogP contribution in [0.5, 0.6) is 0 Å². The zero-order valence-electron chi connectivity index (χ0n) is 12.4. The molecule has 0 bridgehead atoms. The Hall–Kier alpha value is -0.770. The van der Waals surface area contributed by atoms with Crippen LogP contribution in [-0.2, 0) is 0 Å². The number of nitrogens with zero attached hydrogens (tertiary/aromatic N) is 2. The van der Waals surface area contributed by atoms with Gasteiger partial charge in [0.25, 0.3) is 0 Å². The van der Waals surface area contributed by atoms with E-state index in [-0.39, 0.29) is 6.03 Å². The summed E-state index contributed by atoms with van der Waals surface area (Å²) in [5.41, 5.74) is 0. The van der Waals surface area contributed by atoms with Gasteiger partial charge in [-0.15, -0.1) is 0 Å². The van der Waals surface area contributed by atoms with Gasteiger partial charge in [0.2, 0.25) is 0 Å². The van der Waals surface area contributed by atoms with Crippen LogP contribution in [0, 0.1) is 0 Å². The molecule has 0 spiro atoms. The summed E-state index contributed by atoms with van der Waals surface area (Å²) in [6.07, 6.45) is 8.83. The van der Waals surface area contributed by atoms with E-state index in [1.165, 1.54) is 38.8 Å². The van der Waals surface area contributed by atoms with Crippen LogP contribution in [0.3, 0.4) is 0 Å². The molecule has 4 heteroatoms. The molecule has 0 aliphatic carbocycles. The van der Waals surface area contributed by atoms with Crippen molar-refractivity contribution in [3.05, 3.63) is 0 Å². The first-order chi connectivity index (χ1) is 9.31. The van der Waals surface area contributed by atoms with E-state index < -0.39 is 0 Å². The fourth-order valence-electron chi connectivity index (χ4n) is 3.24. The topological polar surface area (TPSA) is 35.6 Å². The molecule has 1 N–H and O–H groups in total. The average molecular weight is 267 g/mol. The van der Waals surface area contributed by atoms with Crippen molar-refractivity contribution in [3.8, 4) is 0 Å². The lowest BCUT2D eigenvalue weighted by atomic mass is 10.0. The molecule has 0 unspecified atom stereocenters. The molecule has 0 aromatic rings. The summed E-state index contributed by atoms with van der Waals surface area (Å²) in [4.78, 5) is 16.6. The zero-order chi connectivity index (χ0) is 13.5. The standard InChI is InChI=1S/C15H29N3O/c1-2-9-16-15(19)18-12-7-14(8-13-18)17-10-5-3-4-6-11-17/h14H,2-13H2,1H3,(H,16,19). The van der Waals surface area contributed by atoms with Crippen molar-refractivity contribution in [3.63, 3.8) is 0 Å². The molecule has 2 fully saturated rings. The molecule has 0 aromatic carbocycles. The zero-order valence-corrected chi connectivity index (χ0v) is 12.4. The Bertz CT molecular complexity index is 267. The van der Waals surface area contributed by atoms with Gasteiger partial charge in [-0.3, -0.25) is 0 Å². The van der Waals surface area contributed by atoms with Gasteiger partial charge in [0.1, 0.15) is 0 Å². The number of nitrogens with one attached hydrogen (secondary N) is 1. The lowest BCUT2D eigenvalue weighted by molar-refractivity contribution is 0.119. The van der Waals surface area contributed by atoms with Gasteiger partial charge in [0, 0.05) is 25.7 Å². The molecule has 2 saturated heterocycles. The molecule has 2 amide bonds. The first-order valence-electron chi connectivity index (χ1n) is 8.08. The van der Waals surface area contributed by atoms with Crippen molar-refractivity contribution in [2.24, 2.45) is 0 Å². The van der Waals surface area contributed by atoms with Crippen LogP contribution >= 0.6 is 0 Å². The number of hydrogen-bond donors (Lipinski definition) is 1. The highest BCUT2D eigenvalue weighted by Gasteiger charge is 2.26. The van der Waals surface area contributed by atoms with E-state index in [2.05, 4.69) is 17.1 Å². The normalized spacial score (nSPS) is 23.1. The maximum Gasteiger partial charge on any atom is 0.317 e. The minimum atomic E-state index is 0.135. The van der Waals surface area contributed by atoms with Crippen LogP contribution < -0.4 is 5.32 Å². The highest BCUT2D eigenvalue weighted by Crippen LogP contribution is 2.20. The van der Waals surface area contributed by atoms with Gasteiger partial charge in [0.15, 0.2) is 0 Å². The van der Waals surface area contributed by atoms with E-state index >= 15 is 0 Å². The second-order valence-electron chi connectivity index (χ2n) is 5.90. The van der Waals surface area contributed by atoms with Crippen LogP contribution in [0.1, 0.15) is 51.9 Å². The Morgan fingerprint density at radius 3 is 2.26 bits per heavy atom. The van der Waals surface area contributed by atoms with Gasteiger partial charge in [-0.2, -0.15) is 0 Å². The van der Waals surface area contributed by atoms with Gasteiger partial charge in [-0.1, -0.05) is 19.8 Å². The van der Waals surface area contributed by atoms with E-state index in [1.54, 1.807) is 0 Å². The van der Waals surface area contributed by atoms with Crippen LogP contribution in [-0.4, -0.2) is 54.6 Å². The molecule has 0 radical (unpaired) electrons. The number of carbonyl (C=O) groups is 1. The SMILES string of the molecule is CCCNC(=O)N1CCC(N2CCCCCC2)CC1. The predicted octanol–water partition coefficient (Wildman–Crippen LogP) is 2.45. The van der Waals surface area contributed by atoms with Crippen LogP contribution in [0.25, 0.3) is 0 Å². The molecule has 2 rings (SSSR count).